The fraction of sp³-hybridized carbons (Fsp3) is 0.348. The Balaban J connectivity index is 1.44. The molecule has 1 aromatic carbocycles. The van der Waals surface area contributed by atoms with Gasteiger partial charge in [-0.25, -0.2) is 9.83 Å². The molecule has 2 heterocycles. The molecule has 0 unspecified atom stereocenters. The molecule has 2 aromatic rings. The van der Waals surface area contributed by atoms with Crippen molar-refractivity contribution < 1.29 is 14.3 Å². The molecule has 4 rings (SSSR count). The molecule has 1 aliphatic carbocycles. The Morgan fingerprint density at radius 2 is 2.25 bits per heavy atom. The van der Waals surface area contributed by atoms with Gasteiger partial charge in [-0.3, -0.25) is 9.59 Å². The van der Waals surface area contributed by atoms with Gasteiger partial charge in [0.1, 0.15) is 0 Å². The number of amides is 2. The standard InChI is InChI=1S/C23H24N6O3/c1-4-20(30)26-16-9-8-14-13-29(22(31)18(14)11-16)17-7-5-6-15(10-17)27-23-25-12-19(24-2)21(28-23)32-3/h4,8-9,11-12,15,17H,1,5-7,10,13H2,3H3,(H,26,30)(H,25,27,28)/t15-,17+/m1/s1. The average molecular weight is 432 g/mol. The van der Waals surface area contributed by atoms with Crippen molar-refractivity contribution in [2.45, 2.75) is 44.3 Å². The number of hydrogen-bond acceptors (Lipinski definition) is 6. The fourth-order valence-electron chi connectivity index (χ4n) is 4.31. The van der Waals surface area contributed by atoms with Gasteiger partial charge in [-0.2, -0.15) is 4.98 Å². The van der Waals surface area contributed by atoms with Gasteiger partial charge >= 0.3 is 0 Å². The molecule has 1 aromatic heterocycles. The van der Waals surface area contributed by atoms with Crippen LogP contribution in [0.5, 0.6) is 5.88 Å². The van der Waals surface area contributed by atoms with E-state index < -0.39 is 0 Å². The molecule has 164 valence electrons. The van der Waals surface area contributed by atoms with Gasteiger partial charge in [0.15, 0.2) is 0 Å². The van der Waals surface area contributed by atoms with Crippen LogP contribution in [-0.2, 0) is 11.3 Å². The molecule has 0 spiro atoms. The molecule has 1 saturated carbocycles. The third-order valence-corrected chi connectivity index (χ3v) is 5.86. The van der Waals surface area contributed by atoms with Gasteiger partial charge in [-0.05, 0) is 49.5 Å². The zero-order chi connectivity index (χ0) is 22.7. The summed E-state index contributed by atoms with van der Waals surface area (Å²) in [5, 5.41) is 6.04. The van der Waals surface area contributed by atoms with E-state index in [-0.39, 0.29) is 35.5 Å². The van der Waals surface area contributed by atoms with Crippen LogP contribution in [0, 0.1) is 6.57 Å². The maximum absolute atomic E-state index is 13.1. The number of hydrogen-bond donors (Lipinski definition) is 2. The molecule has 9 nitrogen and oxygen atoms in total. The van der Waals surface area contributed by atoms with Crippen molar-refractivity contribution in [2.75, 3.05) is 17.7 Å². The van der Waals surface area contributed by atoms with Gasteiger partial charge in [0.05, 0.1) is 13.7 Å². The molecular weight excluding hydrogens is 408 g/mol. The Bertz CT molecular complexity index is 1110. The minimum atomic E-state index is -0.309. The van der Waals surface area contributed by atoms with Crippen LogP contribution >= 0.6 is 0 Å². The van der Waals surface area contributed by atoms with Gasteiger partial charge in [0.2, 0.25) is 17.7 Å². The molecule has 1 fully saturated rings. The molecule has 2 N–H and O–H groups in total. The van der Waals surface area contributed by atoms with E-state index in [0.29, 0.717) is 23.7 Å². The third-order valence-electron chi connectivity index (χ3n) is 5.86. The van der Waals surface area contributed by atoms with E-state index in [1.165, 1.54) is 19.4 Å². The van der Waals surface area contributed by atoms with Crippen LogP contribution in [0.2, 0.25) is 0 Å². The molecule has 0 bridgehead atoms. The quantitative estimate of drug-likeness (QED) is 0.535. The van der Waals surface area contributed by atoms with Gasteiger partial charge in [0, 0.05) is 36.1 Å². The summed E-state index contributed by atoms with van der Waals surface area (Å²) in [7, 11) is 1.47. The van der Waals surface area contributed by atoms with Crippen LogP contribution in [0.1, 0.15) is 41.6 Å². The summed E-state index contributed by atoms with van der Waals surface area (Å²) in [6.07, 6.45) is 6.27. The number of nitrogens with one attached hydrogen (secondary N) is 2. The van der Waals surface area contributed by atoms with Crippen LogP contribution in [0.3, 0.4) is 0 Å². The lowest BCUT2D eigenvalue weighted by atomic mass is 9.90. The Morgan fingerprint density at radius 1 is 1.41 bits per heavy atom. The highest BCUT2D eigenvalue weighted by molar-refractivity contribution is 6.02. The molecule has 2 aliphatic rings. The lowest BCUT2D eigenvalue weighted by molar-refractivity contribution is -0.111. The third kappa shape index (κ3) is 4.25. The van der Waals surface area contributed by atoms with Crippen molar-refractivity contribution in [1.29, 1.82) is 0 Å². The number of fused-ring (bicyclic) bond motifs is 1. The molecular formula is C23H24N6O3. The van der Waals surface area contributed by atoms with E-state index in [4.69, 9.17) is 11.3 Å². The number of aromatic nitrogens is 2. The van der Waals surface area contributed by atoms with Crippen molar-refractivity contribution in [2.24, 2.45) is 0 Å². The molecule has 0 saturated heterocycles. The van der Waals surface area contributed by atoms with E-state index in [1.807, 2.05) is 11.0 Å². The first-order valence-electron chi connectivity index (χ1n) is 10.4. The number of anilines is 2. The number of nitrogens with zero attached hydrogens (tertiary/aromatic N) is 4. The van der Waals surface area contributed by atoms with Crippen molar-refractivity contribution in [1.82, 2.24) is 14.9 Å². The molecule has 1 aliphatic heterocycles. The van der Waals surface area contributed by atoms with E-state index in [2.05, 4.69) is 32.0 Å². The summed E-state index contributed by atoms with van der Waals surface area (Å²) in [5.41, 5.74) is 2.44. The van der Waals surface area contributed by atoms with Crippen molar-refractivity contribution in [3.05, 3.63) is 59.6 Å². The van der Waals surface area contributed by atoms with Crippen LogP contribution in [0.15, 0.2) is 37.1 Å². The van der Waals surface area contributed by atoms with Crippen LogP contribution in [-0.4, -0.2) is 45.9 Å². The smallest absolute Gasteiger partial charge is 0.264 e. The van der Waals surface area contributed by atoms with E-state index in [1.54, 1.807) is 12.1 Å². The fourth-order valence-corrected chi connectivity index (χ4v) is 4.31. The first-order chi connectivity index (χ1) is 15.5. The second kappa shape index (κ2) is 9.06. The second-order valence-corrected chi connectivity index (χ2v) is 7.86. The largest absolute Gasteiger partial charge is 0.490 e. The topological polar surface area (TPSA) is 101 Å². The number of carbonyl (C=O) groups is 2. The first-order valence-corrected chi connectivity index (χ1v) is 10.4. The molecule has 2 atom stereocenters. The van der Waals surface area contributed by atoms with Gasteiger partial charge in [0.25, 0.3) is 11.6 Å². The maximum atomic E-state index is 13.1. The Hall–Kier alpha value is -3.93. The Kier molecular flexibility index (Phi) is 6.03. The number of rotatable bonds is 6. The number of benzene rings is 1. The minimum absolute atomic E-state index is 0.0142. The zero-order valence-electron chi connectivity index (χ0n) is 17.8. The minimum Gasteiger partial charge on any atom is -0.490 e. The van der Waals surface area contributed by atoms with Gasteiger partial charge in [-0.15, -0.1) is 0 Å². The SMILES string of the molecule is [C-]#[N+]c1cnc(N[C@@H]2CCC[C@H](N3Cc4ccc(NC(=O)C=C)cc4C3=O)C2)nc1OC. The average Bonchev–Trinajstić information content (AvgIpc) is 3.15. The number of carbonyl (C=O) groups excluding carboxylic acids is 2. The van der Waals surface area contributed by atoms with E-state index in [9.17, 15) is 9.59 Å². The van der Waals surface area contributed by atoms with Crippen LogP contribution in [0.25, 0.3) is 4.85 Å². The normalized spacial score (nSPS) is 19.6. The van der Waals surface area contributed by atoms with E-state index in [0.717, 1.165) is 31.2 Å². The number of ether oxygens (including phenoxy) is 1. The van der Waals surface area contributed by atoms with Crippen LogP contribution in [0.4, 0.5) is 17.3 Å². The van der Waals surface area contributed by atoms with Crippen LogP contribution < -0.4 is 15.4 Å². The monoisotopic (exact) mass is 432 g/mol. The summed E-state index contributed by atoms with van der Waals surface area (Å²) in [6, 6.07) is 5.63. The summed E-state index contributed by atoms with van der Waals surface area (Å²) < 4.78 is 5.17. The highest BCUT2D eigenvalue weighted by Crippen LogP contribution is 2.33. The van der Waals surface area contributed by atoms with Crippen molar-refractivity contribution in [3.63, 3.8) is 0 Å². The summed E-state index contributed by atoms with van der Waals surface area (Å²) in [5.74, 6) is 0.337. The van der Waals surface area contributed by atoms with Gasteiger partial charge in [-0.1, -0.05) is 12.6 Å². The molecule has 2 amide bonds. The zero-order valence-corrected chi connectivity index (χ0v) is 17.8. The predicted octanol–water partition coefficient (Wildman–Crippen LogP) is 3.54. The van der Waals surface area contributed by atoms with Crippen molar-refractivity contribution >= 4 is 29.1 Å². The lowest BCUT2D eigenvalue weighted by Crippen LogP contribution is -2.42. The summed E-state index contributed by atoms with van der Waals surface area (Å²) in [6.45, 7) is 11.2. The van der Waals surface area contributed by atoms with Gasteiger partial charge < -0.3 is 20.3 Å². The van der Waals surface area contributed by atoms with E-state index >= 15 is 0 Å². The summed E-state index contributed by atoms with van der Waals surface area (Å²) >= 11 is 0. The highest BCUT2D eigenvalue weighted by Gasteiger charge is 2.35. The Morgan fingerprint density at radius 3 is 3.00 bits per heavy atom. The lowest BCUT2D eigenvalue weighted by Gasteiger charge is -2.35. The summed E-state index contributed by atoms with van der Waals surface area (Å²) in [4.78, 5) is 38.5. The Labute approximate surface area is 186 Å². The second-order valence-electron chi connectivity index (χ2n) is 7.86. The maximum Gasteiger partial charge on any atom is 0.264 e. The predicted molar refractivity (Wildman–Crippen MR) is 120 cm³/mol. The molecule has 0 radical (unpaired) electrons. The molecule has 9 heteroatoms. The highest BCUT2D eigenvalue weighted by atomic mass is 16.5. The number of methoxy groups -OCH3 is 1. The first kappa shape index (κ1) is 21.3. The molecule has 32 heavy (non-hydrogen) atoms. The van der Waals surface area contributed by atoms with Crippen molar-refractivity contribution in [3.8, 4) is 5.88 Å².